The molecule has 2 N–H and O–H groups in total. The van der Waals surface area contributed by atoms with Crippen LogP contribution in [0, 0.1) is 11.8 Å². The molecular formula is C14H12N2O2S. The maximum absolute atomic E-state index is 11.8. The van der Waals surface area contributed by atoms with E-state index in [1.807, 2.05) is 5.38 Å². The van der Waals surface area contributed by atoms with E-state index in [1.165, 1.54) is 11.3 Å². The summed E-state index contributed by atoms with van der Waals surface area (Å²) in [5.41, 5.74) is 1.37. The molecular weight excluding hydrogens is 260 g/mol. The molecule has 96 valence electrons. The number of thiophene rings is 1. The summed E-state index contributed by atoms with van der Waals surface area (Å²) in [6.07, 6.45) is 2.02. The van der Waals surface area contributed by atoms with E-state index in [-0.39, 0.29) is 12.5 Å². The van der Waals surface area contributed by atoms with Gasteiger partial charge in [0.1, 0.15) is 5.82 Å². The van der Waals surface area contributed by atoms with Crippen LogP contribution in [0.25, 0.3) is 0 Å². The molecule has 0 radical (unpaired) electrons. The fourth-order valence-electron chi connectivity index (χ4n) is 1.38. The summed E-state index contributed by atoms with van der Waals surface area (Å²) in [6.45, 7) is 0.0415. The molecule has 5 heteroatoms. The van der Waals surface area contributed by atoms with Crippen molar-refractivity contribution < 1.29 is 9.90 Å². The molecule has 0 saturated carbocycles. The van der Waals surface area contributed by atoms with E-state index in [9.17, 15) is 4.79 Å². The molecule has 0 fully saturated rings. The molecule has 19 heavy (non-hydrogen) atoms. The molecule has 0 atom stereocenters. The monoisotopic (exact) mass is 272 g/mol. The fraction of sp³-hybridized carbons (Fsp3) is 0.143. The van der Waals surface area contributed by atoms with Crippen LogP contribution in [0.4, 0.5) is 5.82 Å². The highest BCUT2D eigenvalue weighted by Gasteiger charge is 2.06. The summed E-state index contributed by atoms with van der Waals surface area (Å²) in [4.78, 5) is 15.9. The minimum atomic E-state index is -0.186. The largest absolute Gasteiger partial charge is 0.395 e. The fourth-order valence-corrected chi connectivity index (χ4v) is 2.02. The van der Waals surface area contributed by atoms with Crippen molar-refractivity contribution >= 4 is 23.1 Å². The minimum absolute atomic E-state index is 0.0415. The highest BCUT2D eigenvalue weighted by atomic mass is 32.1. The molecule has 2 aromatic heterocycles. The van der Waals surface area contributed by atoms with Gasteiger partial charge in [0.05, 0.1) is 12.2 Å². The van der Waals surface area contributed by atoms with E-state index in [1.54, 1.807) is 29.8 Å². The van der Waals surface area contributed by atoms with E-state index in [0.29, 0.717) is 17.8 Å². The number of anilines is 1. The second-order valence-corrected chi connectivity index (χ2v) is 4.45. The third-order valence-electron chi connectivity index (χ3n) is 2.25. The Hall–Kier alpha value is -2.16. The highest BCUT2D eigenvalue weighted by Crippen LogP contribution is 2.10. The Morgan fingerprint density at radius 1 is 1.47 bits per heavy atom. The molecule has 2 rings (SSSR count). The summed E-state index contributed by atoms with van der Waals surface area (Å²) >= 11 is 1.47. The number of aromatic nitrogens is 1. The third-order valence-corrected chi connectivity index (χ3v) is 2.94. The molecule has 0 saturated heterocycles. The molecule has 4 nitrogen and oxygen atoms in total. The topological polar surface area (TPSA) is 62.2 Å². The van der Waals surface area contributed by atoms with Crippen LogP contribution in [0.5, 0.6) is 0 Å². The Bertz CT molecular complexity index is 612. The first kappa shape index (κ1) is 13.3. The number of carbonyl (C=O) groups is 1. The number of carbonyl (C=O) groups excluding carboxylic acids is 1. The van der Waals surface area contributed by atoms with E-state index in [0.717, 1.165) is 5.56 Å². The Kier molecular flexibility index (Phi) is 4.67. The van der Waals surface area contributed by atoms with Crippen LogP contribution in [0.3, 0.4) is 0 Å². The number of hydrogen-bond acceptors (Lipinski definition) is 4. The van der Waals surface area contributed by atoms with E-state index in [4.69, 9.17) is 5.11 Å². The lowest BCUT2D eigenvalue weighted by Gasteiger charge is -2.02. The maximum atomic E-state index is 11.8. The van der Waals surface area contributed by atoms with Crippen molar-refractivity contribution in [3.8, 4) is 11.8 Å². The second kappa shape index (κ2) is 6.69. The number of pyridine rings is 1. The molecule has 0 aliphatic rings. The van der Waals surface area contributed by atoms with Gasteiger partial charge in [-0.25, -0.2) is 4.98 Å². The average molecular weight is 272 g/mol. The first-order valence-corrected chi connectivity index (χ1v) is 6.63. The van der Waals surface area contributed by atoms with Crippen LogP contribution < -0.4 is 5.32 Å². The van der Waals surface area contributed by atoms with E-state index in [2.05, 4.69) is 22.1 Å². The number of nitrogens with one attached hydrogen (secondary N) is 1. The number of hydrogen-bond donors (Lipinski definition) is 2. The first-order valence-electron chi connectivity index (χ1n) is 5.69. The molecule has 2 aromatic rings. The van der Waals surface area contributed by atoms with Crippen molar-refractivity contribution in [3.63, 3.8) is 0 Å². The summed E-state index contributed by atoms with van der Waals surface area (Å²) < 4.78 is 0. The number of aliphatic hydroxyl groups is 1. The van der Waals surface area contributed by atoms with Gasteiger partial charge in [-0.2, -0.15) is 11.3 Å². The van der Waals surface area contributed by atoms with Gasteiger partial charge in [-0.15, -0.1) is 0 Å². The lowest BCUT2D eigenvalue weighted by atomic mass is 10.2. The molecule has 0 aliphatic heterocycles. The second-order valence-electron chi connectivity index (χ2n) is 3.67. The molecule has 1 amide bonds. The van der Waals surface area contributed by atoms with Crippen molar-refractivity contribution in [2.45, 2.75) is 6.42 Å². The average Bonchev–Trinajstić information content (AvgIpc) is 2.93. The smallest absolute Gasteiger partial charge is 0.257 e. The van der Waals surface area contributed by atoms with Crippen LogP contribution in [0.2, 0.25) is 0 Å². The van der Waals surface area contributed by atoms with Gasteiger partial charge in [-0.3, -0.25) is 4.79 Å². The van der Waals surface area contributed by atoms with Gasteiger partial charge in [-0.1, -0.05) is 11.8 Å². The molecule has 0 bridgehead atoms. The number of nitrogens with zero attached hydrogens (tertiary/aromatic N) is 1. The van der Waals surface area contributed by atoms with Gasteiger partial charge in [0.15, 0.2) is 0 Å². The van der Waals surface area contributed by atoms with E-state index >= 15 is 0 Å². The van der Waals surface area contributed by atoms with Crippen LogP contribution in [-0.2, 0) is 0 Å². The predicted octanol–water partition coefficient (Wildman–Crippen LogP) is 2.13. The standard InChI is InChI=1S/C14H12N2O2S/c17-7-2-1-3-11-4-6-15-13(9-11)16-14(18)12-5-8-19-10-12/h4-6,8-10,17H,2,7H2,(H,15,16,18). The van der Waals surface area contributed by atoms with Crippen LogP contribution >= 0.6 is 11.3 Å². The van der Waals surface area contributed by atoms with Crippen molar-refractivity contribution in [3.05, 3.63) is 46.3 Å². The van der Waals surface area contributed by atoms with Gasteiger partial charge in [0.2, 0.25) is 0 Å². The highest BCUT2D eigenvalue weighted by molar-refractivity contribution is 7.08. The number of aliphatic hydroxyl groups excluding tert-OH is 1. The quantitative estimate of drug-likeness (QED) is 0.841. The van der Waals surface area contributed by atoms with Gasteiger partial charge < -0.3 is 10.4 Å². The Morgan fingerprint density at radius 3 is 3.11 bits per heavy atom. The molecule has 0 spiro atoms. The minimum Gasteiger partial charge on any atom is -0.395 e. The molecule has 2 heterocycles. The van der Waals surface area contributed by atoms with Crippen molar-refractivity contribution in [2.75, 3.05) is 11.9 Å². The van der Waals surface area contributed by atoms with Gasteiger partial charge in [0, 0.05) is 23.6 Å². The third kappa shape index (κ3) is 3.91. The normalized spacial score (nSPS) is 9.53. The number of rotatable bonds is 3. The number of amides is 1. The van der Waals surface area contributed by atoms with Crippen LogP contribution in [-0.4, -0.2) is 22.6 Å². The summed E-state index contributed by atoms with van der Waals surface area (Å²) in [6, 6.07) is 5.21. The Labute approximate surface area is 115 Å². The van der Waals surface area contributed by atoms with Crippen molar-refractivity contribution in [1.82, 2.24) is 4.98 Å². The zero-order chi connectivity index (χ0) is 13.5. The van der Waals surface area contributed by atoms with E-state index < -0.39 is 0 Å². The SMILES string of the molecule is O=C(Nc1cc(C#CCCO)ccn1)c1ccsc1. The van der Waals surface area contributed by atoms with Gasteiger partial charge in [0.25, 0.3) is 5.91 Å². The van der Waals surface area contributed by atoms with Crippen LogP contribution in [0.1, 0.15) is 22.3 Å². The maximum Gasteiger partial charge on any atom is 0.257 e. The Balaban J connectivity index is 2.07. The summed E-state index contributed by atoms with van der Waals surface area (Å²) in [7, 11) is 0. The molecule has 0 unspecified atom stereocenters. The Morgan fingerprint density at radius 2 is 2.37 bits per heavy atom. The summed E-state index contributed by atoms with van der Waals surface area (Å²) in [5, 5.41) is 15.0. The zero-order valence-corrected chi connectivity index (χ0v) is 10.9. The van der Waals surface area contributed by atoms with Crippen LogP contribution in [0.15, 0.2) is 35.2 Å². The van der Waals surface area contributed by atoms with Crippen molar-refractivity contribution in [1.29, 1.82) is 0 Å². The summed E-state index contributed by atoms with van der Waals surface area (Å²) in [5.74, 6) is 5.99. The lowest BCUT2D eigenvalue weighted by Crippen LogP contribution is -2.11. The van der Waals surface area contributed by atoms with Crippen molar-refractivity contribution in [2.24, 2.45) is 0 Å². The lowest BCUT2D eigenvalue weighted by molar-refractivity contribution is 0.102. The molecule has 0 aliphatic carbocycles. The predicted molar refractivity (Wildman–Crippen MR) is 75.1 cm³/mol. The first-order chi connectivity index (χ1) is 9.29. The van der Waals surface area contributed by atoms with Gasteiger partial charge in [-0.05, 0) is 23.6 Å². The molecule has 0 aromatic carbocycles. The van der Waals surface area contributed by atoms with Gasteiger partial charge >= 0.3 is 0 Å². The zero-order valence-electron chi connectivity index (χ0n) is 10.1.